The predicted octanol–water partition coefficient (Wildman–Crippen LogP) is 4.37. The van der Waals surface area contributed by atoms with E-state index in [2.05, 4.69) is 62.2 Å². The van der Waals surface area contributed by atoms with Crippen LogP contribution in [0.25, 0.3) is 0 Å². The Kier molecular flexibility index (Phi) is 5.09. The Bertz CT molecular complexity index is 425. The predicted molar refractivity (Wildman–Crippen MR) is 88.4 cm³/mol. The number of hydrogen-bond acceptors (Lipinski definition) is 2. The summed E-state index contributed by atoms with van der Waals surface area (Å²) >= 11 is 0. The molecule has 1 atom stereocenters. The molecule has 2 heteroatoms. The molecule has 1 unspecified atom stereocenters. The van der Waals surface area contributed by atoms with Gasteiger partial charge in [-0.15, -0.1) is 0 Å². The van der Waals surface area contributed by atoms with Crippen LogP contribution in [0.3, 0.4) is 0 Å². The fourth-order valence-electron chi connectivity index (χ4n) is 3.18. The minimum absolute atomic E-state index is 0.450. The molecule has 2 nitrogen and oxygen atoms in total. The number of hydrogen-bond donors (Lipinski definition) is 1. The molecule has 0 saturated carbocycles. The summed E-state index contributed by atoms with van der Waals surface area (Å²) < 4.78 is 0. The largest absolute Gasteiger partial charge is 0.371 e. The van der Waals surface area contributed by atoms with Crippen LogP contribution in [0, 0.1) is 5.41 Å². The molecule has 0 aromatic heterocycles. The third-order valence-electron chi connectivity index (χ3n) is 4.38. The number of nitrogens with zero attached hydrogens (tertiary/aromatic N) is 1. The Balaban J connectivity index is 2.21. The molecule has 0 amide bonds. The second kappa shape index (κ2) is 6.62. The Hall–Kier alpha value is -1.02. The first-order chi connectivity index (χ1) is 9.57. The van der Waals surface area contributed by atoms with Gasteiger partial charge in [0.15, 0.2) is 0 Å². The molecule has 0 bridgehead atoms. The topological polar surface area (TPSA) is 15.3 Å². The van der Waals surface area contributed by atoms with Crippen molar-refractivity contribution in [2.75, 3.05) is 24.5 Å². The van der Waals surface area contributed by atoms with E-state index in [9.17, 15) is 0 Å². The Morgan fingerprint density at radius 3 is 2.60 bits per heavy atom. The van der Waals surface area contributed by atoms with Crippen molar-refractivity contribution in [3.8, 4) is 0 Å². The van der Waals surface area contributed by atoms with Gasteiger partial charge < -0.3 is 10.2 Å². The standard InChI is InChI=1S/C18H30N2/c1-5-12-19-16(6-2)15-9-7-8-10-17(15)20-13-11-18(3,4)14-20/h7-10,16,19H,5-6,11-14H2,1-4H3. The molecule has 0 radical (unpaired) electrons. The van der Waals surface area contributed by atoms with Crippen molar-refractivity contribution in [3.63, 3.8) is 0 Å². The maximum absolute atomic E-state index is 3.69. The quantitative estimate of drug-likeness (QED) is 0.828. The van der Waals surface area contributed by atoms with Crippen molar-refractivity contribution in [1.29, 1.82) is 0 Å². The van der Waals surface area contributed by atoms with Crippen LogP contribution >= 0.6 is 0 Å². The molecular formula is C18H30N2. The fourth-order valence-corrected chi connectivity index (χ4v) is 3.18. The van der Waals surface area contributed by atoms with E-state index in [-0.39, 0.29) is 0 Å². The Morgan fingerprint density at radius 1 is 1.25 bits per heavy atom. The van der Waals surface area contributed by atoms with Gasteiger partial charge in [0, 0.05) is 24.8 Å². The zero-order chi connectivity index (χ0) is 14.6. The molecule has 1 aromatic carbocycles. The SMILES string of the molecule is CCCNC(CC)c1ccccc1N1CCC(C)(C)C1. The lowest BCUT2D eigenvalue weighted by Crippen LogP contribution is -2.27. The molecule has 0 spiro atoms. The zero-order valence-electron chi connectivity index (χ0n) is 13.6. The third-order valence-corrected chi connectivity index (χ3v) is 4.38. The summed E-state index contributed by atoms with van der Waals surface area (Å²) in [6.07, 6.45) is 3.63. The highest BCUT2D eigenvalue weighted by Gasteiger charge is 2.30. The summed E-state index contributed by atoms with van der Waals surface area (Å²) in [5, 5.41) is 3.69. The zero-order valence-corrected chi connectivity index (χ0v) is 13.6. The molecule has 112 valence electrons. The van der Waals surface area contributed by atoms with Gasteiger partial charge in [-0.3, -0.25) is 0 Å². The molecule has 1 aromatic rings. The van der Waals surface area contributed by atoms with Crippen LogP contribution in [0.4, 0.5) is 5.69 Å². The molecule has 1 heterocycles. The van der Waals surface area contributed by atoms with Gasteiger partial charge in [-0.05, 0) is 42.9 Å². The van der Waals surface area contributed by atoms with E-state index in [1.54, 1.807) is 0 Å². The maximum Gasteiger partial charge on any atom is 0.0414 e. The molecular weight excluding hydrogens is 244 g/mol. The van der Waals surface area contributed by atoms with E-state index in [0.29, 0.717) is 11.5 Å². The van der Waals surface area contributed by atoms with E-state index in [4.69, 9.17) is 0 Å². The molecule has 1 N–H and O–H groups in total. The van der Waals surface area contributed by atoms with Crippen LogP contribution in [0.2, 0.25) is 0 Å². The molecule has 1 fully saturated rings. The van der Waals surface area contributed by atoms with Crippen LogP contribution in [0.15, 0.2) is 24.3 Å². The minimum atomic E-state index is 0.450. The Morgan fingerprint density at radius 2 is 2.00 bits per heavy atom. The van der Waals surface area contributed by atoms with Crippen LogP contribution in [-0.4, -0.2) is 19.6 Å². The average molecular weight is 274 g/mol. The van der Waals surface area contributed by atoms with Gasteiger partial charge >= 0.3 is 0 Å². The number of para-hydroxylation sites is 1. The van der Waals surface area contributed by atoms with Crippen LogP contribution < -0.4 is 10.2 Å². The third kappa shape index (κ3) is 3.54. The normalized spacial score (nSPS) is 19.3. The van der Waals surface area contributed by atoms with Gasteiger partial charge in [0.1, 0.15) is 0 Å². The number of benzene rings is 1. The van der Waals surface area contributed by atoms with E-state index >= 15 is 0 Å². The fraction of sp³-hybridized carbons (Fsp3) is 0.667. The van der Waals surface area contributed by atoms with Crippen molar-refractivity contribution >= 4 is 5.69 Å². The number of anilines is 1. The highest BCUT2D eigenvalue weighted by molar-refractivity contribution is 5.56. The van der Waals surface area contributed by atoms with E-state index in [1.165, 1.54) is 37.2 Å². The monoisotopic (exact) mass is 274 g/mol. The van der Waals surface area contributed by atoms with Gasteiger partial charge in [-0.1, -0.05) is 45.9 Å². The average Bonchev–Trinajstić information content (AvgIpc) is 2.80. The lowest BCUT2D eigenvalue weighted by atomic mass is 9.93. The Labute approximate surface area is 124 Å². The van der Waals surface area contributed by atoms with Gasteiger partial charge in [0.2, 0.25) is 0 Å². The highest BCUT2D eigenvalue weighted by atomic mass is 15.2. The second-order valence-electron chi connectivity index (χ2n) is 6.81. The van der Waals surface area contributed by atoms with Gasteiger partial charge in [-0.25, -0.2) is 0 Å². The summed E-state index contributed by atoms with van der Waals surface area (Å²) in [6, 6.07) is 9.44. The van der Waals surface area contributed by atoms with Gasteiger partial charge in [0.05, 0.1) is 0 Å². The molecule has 0 aliphatic carbocycles. The maximum atomic E-state index is 3.69. The molecule has 2 rings (SSSR count). The molecule has 1 saturated heterocycles. The smallest absolute Gasteiger partial charge is 0.0414 e. The number of rotatable bonds is 6. The summed E-state index contributed by atoms with van der Waals surface area (Å²) in [5.74, 6) is 0. The van der Waals surface area contributed by atoms with Crippen molar-refractivity contribution in [1.82, 2.24) is 5.32 Å². The lowest BCUT2D eigenvalue weighted by Gasteiger charge is -2.27. The number of nitrogens with one attached hydrogen (secondary N) is 1. The van der Waals surface area contributed by atoms with E-state index < -0.39 is 0 Å². The van der Waals surface area contributed by atoms with Gasteiger partial charge in [-0.2, -0.15) is 0 Å². The first-order valence-electron chi connectivity index (χ1n) is 8.14. The summed E-state index contributed by atoms with van der Waals surface area (Å²) in [7, 11) is 0. The van der Waals surface area contributed by atoms with Gasteiger partial charge in [0.25, 0.3) is 0 Å². The highest BCUT2D eigenvalue weighted by Crippen LogP contribution is 2.36. The second-order valence-corrected chi connectivity index (χ2v) is 6.81. The summed E-state index contributed by atoms with van der Waals surface area (Å²) in [4.78, 5) is 2.58. The van der Waals surface area contributed by atoms with Crippen molar-refractivity contribution < 1.29 is 0 Å². The van der Waals surface area contributed by atoms with E-state index in [0.717, 1.165) is 13.0 Å². The molecule has 1 aliphatic heterocycles. The first-order valence-corrected chi connectivity index (χ1v) is 8.14. The minimum Gasteiger partial charge on any atom is -0.371 e. The first kappa shape index (κ1) is 15.4. The van der Waals surface area contributed by atoms with Crippen molar-refractivity contribution in [2.45, 2.75) is 53.0 Å². The lowest BCUT2D eigenvalue weighted by molar-refractivity contribution is 0.418. The molecule has 20 heavy (non-hydrogen) atoms. The van der Waals surface area contributed by atoms with Crippen molar-refractivity contribution in [2.24, 2.45) is 5.41 Å². The summed E-state index contributed by atoms with van der Waals surface area (Å²) in [5.41, 5.74) is 3.36. The van der Waals surface area contributed by atoms with E-state index in [1.807, 2.05) is 0 Å². The summed E-state index contributed by atoms with van der Waals surface area (Å²) in [6.45, 7) is 12.7. The van der Waals surface area contributed by atoms with Crippen LogP contribution in [0.1, 0.15) is 58.6 Å². The van der Waals surface area contributed by atoms with Crippen LogP contribution in [0.5, 0.6) is 0 Å². The van der Waals surface area contributed by atoms with Crippen molar-refractivity contribution in [3.05, 3.63) is 29.8 Å². The molecule has 1 aliphatic rings. The van der Waals surface area contributed by atoms with Crippen LogP contribution in [-0.2, 0) is 0 Å².